The number of rotatable bonds is 4. The van der Waals surface area contributed by atoms with E-state index in [9.17, 15) is 14.4 Å². The number of aromatic nitrogens is 2. The Morgan fingerprint density at radius 2 is 1.96 bits per heavy atom. The van der Waals surface area contributed by atoms with Crippen LogP contribution in [0.25, 0.3) is 11.0 Å². The Kier molecular flexibility index (Phi) is 4.89. The largest absolute Gasteiger partial charge is 0.381 e. The summed E-state index contributed by atoms with van der Waals surface area (Å²) in [5.74, 6) is -0.591. The molecule has 1 aliphatic carbocycles. The minimum absolute atomic E-state index is 0.0553. The fourth-order valence-electron chi connectivity index (χ4n) is 3.42. The van der Waals surface area contributed by atoms with E-state index in [0.29, 0.717) is 31.6 Å². The Hall–Kier alpha value is -2.74. The average molecular weight is 370 g/mol. The Morgan fingerprint density at radius 1 is 1.19 bits per heavy atom. The van der Waals surface area contributed by atoms with E-state index in [1.165, 1.54) is 6.20 Å². The van der Waals surface area contributed by atoms with Gasteiger partial charge in [-0.1, -0.05) is 6.42 Å². The van der Waals surface area contributed by atoms with Gasteiger partial charge in [0.1, 0.15) is 16.9 Å². The van der Waals surface area contributed by atoms with Gasteiger partial charge in [-0.05, 0) is 37.8 Å². The molecule has 27 heavy (non-hydrogen) atoms. The SMILES string of the molecule is O=C(NC1CCOCC1)c1c(NC(=O)C2CCC2)[nH]c2cccnc2c1=O. The van der Waals surface area contributed by atoms with Gasteiger partial charge < -0.3 is 20.4 Å². The second kappa shape index (κ2) is 7.48. The lowest BCUT2D eigenvalue weighted by molar-refractivity contribution is -0.122. The standard InChI is InChI=1S/C19H22N4O4/c24-16-14(19(26)21-12-6-9-27-10-7-12)17(23-18(25)11-3-1-4-11)22-13-5-2-8-20-15(13)16/h2,5,8,11-12H,1,3-4,6-7,9-10H2,(H,21,26)(H2,22,23,24,25). The molecule has 1 aliphatic heterocycles. The van der Waals surface area contributed by atoms with Crippen LogP contribution in [0.3, 0.4) is 0 Å². The maximum Gasteiger partial charge on any atom is 0.259 e. The number of carbonyl (C=O) groups excluding carboxylic acids is 2. The molecule has 2 fully saturated rings. The van der Waals surface area contributed by atoms with Crippen LogP contribution in [0.2, 0.25) is 0 Å². The predicted octanol–water partition coefficient (Wildman–Crippen LogP) is 1.57. The van der Waals surface area contributed by atoms with Crippen LogP contribution >= 0.6 is 0 Å². The Labute approximate surface area is 155 Å². The third kappa shape index (κ3) is 3.57. The normalized spacial score (nSPS) is 18.1. The monoisotopic (exact) mass is 370 g/mol. The van der Waals surface area contributed by atoms with Gasteiger partial charge in [0.25, 0.3) is 5.91 Å². The highest BCUT2D eigenvalue weighted by molar-refractivity contribution is 6.05. The summed E-state index contributed by atoms with van der Waals surface area (Å²) >= 11 is 0. The van der Waals surface area contributed by atoms with Crippen LogP contribution in [-0.2, 0) is 9.53 Å². The van der Waals surface area contributed by atoms with Crippen LogP contribution in [0, 0.1) is 5.92 Å². The Balaban J connectivity index is 1.70. The molecule has 2 aliphatic rings. The summed E-state index contributed by atoms with van der Waals surface area (Å²) in [4.78, 5) is 45.3. The van der Waals surface area contributed by atoms with Crippen LogP contribution < -0.4 is 16.1 Å². The summed E-state index contributed by atoms with van der Waals surface area (Å²) in [6.07, 6.45) is 5.57. The zero-order chi connectivity index (χ0) is 18.8. The number of nitrogens with one attached hydrogen (secondary N) is 3. The van der Waals surface area contributed by atoms with Gasteiger partial charge in [-0.15, -0.1) is 0 Å². The summed E-state index contributed by atoms with van der Waals surface area (Å²) in [7, 11) is 0. The summed E-state index contributed by atoms with van der Waals surface area (Å²) in [6.45, 7) is 1.15. The summed E-state index contributed by atoms with van der Waals surface area (Å²) < 4.78 is 5.30. The molecule has 8 nitrogen and oxygen atoms in total. The first-order chi connectivity index (χ1) is 13.1. The number of ether oxygens (including phenoxy) is 1. The smallest absolute Gasteiger partial charge is 0.259 e. The van der Waals surface area contributed by atoms with Gasteiger partial charge in [-0.2, -0.15) is 0 Å². The van der Waals surface area contributed by atoms with Crippen molar-refractivity contribution >= 4 is 28.7 Å². The number of nitrogens with zero attached hydrogens (tertiary/aromatic N) is 1. The lowest BCUT2D eigenvalue weighted by atomic mass is 9.85. The Morgan fingerprint density at radius 3 is 2.67 bits per heavy atom. The first-order valence-electron chi connectivity index (χ1n) is 9.34. The van der Waals surface area contributed by atoms with Crippen LogP contribution in [0.4, 0.5) is 5.82 Å². The molecule has 142 valence electrons. The molecule has 3 heterocycles. The van der Waals surface area contributed by atoms with E-state index in [4.69, 9.17) is 4.74 Å². The van der Waals surface area contributed by atoms with E-state index in [1.807, 2.05) is 0 Å². The lowest BCUT2D eigenvalue weighted by Gasteiger charge is -2.25. The van der Waals surface area contributed by atoms with E-state index < -0.39 is 11.3 Å². The van der Waals surface area contributed by atoms with Crippen molar-refractivity contribution in [3.8, 4) is 0 Å². The Bertz CT molecular complexity index is 929. The number of hydrogen-bond donors (Lipinski definition) is 3. The van der Waals surface area contributed by atoms with Gasteiger partial charge in [0.2, 0.25) is 11.3 Å². The highest BCUT2D eigenvalue weighted by Gasteiger charge is 2.29. The first-order valence-corrected chi connectivity index (χ1v) is 9.34. The lowest BCUT2D eigenvalue weighted by Crippen LogP contribution is -2.41. The molecule has 4 rings (SSSR count). The summed E-state index contributed by atoms with van der Waals surface area (Å²) in [5.41, 5.74) is 0.0727. The van der Waals surface area contributed by atoms with Gasteiger partial charge in [-0.3, -0.25) is 19.4 Å². The molecule has 8 heteroatoms. The van der Waals surface area contributed by atoms with Crippen LogP contribution in [-0.4, -0.2) is 41.0 Å². The number of H-pyrrole nitrogens is 1. The van der Waals surface area contributed by atoms with E-state index in [1.54, 1.807) is 12.1 Å². The topological polar surface area (TPSA) is 113 Å². The maximum atomic E-state index is 12.9. The highest BCUT2D eigenvalue weighted by atomic mass is 16.5. The third-order valence-electron chi connectivity index (χ3n) is 5.27. The molecule has 0 atom stereocenters. The van der Waals surface area contributed by atoms with Gasteiger partial charge in [0.15, 0.2) is 0 Å². The molecule has 1 saturated heterocycles. The van der Waals surface area contributed by atoms with E-state index in [-0.39, 0.29) is 34.8 Å². The molecule has 1 saturated carbocycles. The maximum absolute atomic E-state index is 12.9. The molecule has 0 radical (unpaired) electrons. The minimum atomic E-state index is -0.500. The molecule has 2 aromatic rings. The summed E-state index contributed by atoms with van der Waals surface area (Å²) in [6, 6.07) is 3.33. The molecule has 0 spiro atoms. The number of amides is 2. The molecule has 0 unspecified atom stereocenters. The van der Waals surface area contributed by atoms with Gasteiger partial charge in [0, 0.05) is 31.4 Å². The molecule has 2 aromatic heterocycles. The number of aromatic amines is 1. The van der Waals surface area contributed by atoms with Crippen LogP contribution in [0.15, 0.2) is 23.1 Å². The van der Waals surface area contributed by atoms with Gasteiger partial charge in [-0.25, -0.2) is 0 Å². The zero-order valence-electron chi connectivity index (χ0n) is 14.9. The van der Waals surface area contributed by atoms with Crippen molar-refractivity contribution in [1.82, 2.24) is 15.3 Å². The number of hydrogen-bond acceptors (Lipinski definition) is 5. The van der Waals surface area contributed by atoms with E-state index in [2.05, 4.69) is 20.6 Å². The van der Waals surface area contributed by atoms with E-state index >= 15 is 0 Å². The van der Waals surface area contributed by atoms with Crippen LogP contribution in [0.1, 0.15) is 42.5 Å². The molecule has 0 aromatic carbocycles. The number of fused-ring (bicyclic) bond motifs is 1. The molecule has 2 amide bonds. The molecule has 0 bridgehead atoms. The van der Waals surface area contributed by atoms with Gasteiger partial charge >= 0.3 is 0 Å². The van der Waals surface area contributed by atoms with Crippen LogP contribution in [0.5, 0.6) is 0 Å². The second-order valence-electron chi connectivity index (χ2n) is 7.08. The zero-order valence-corrected chi connectivity index (χ0v) is 14.9. The minimum Gasteiger partial charge on any atom is -0.381 e. The van der Waals surface area contributed by atoms with Gasteiger partial charge in [0.05, 0.1) is 5.52 Å². The van der Waals surface area contributed by atoms with Crippen molar-refractivity contribution in [1.29, 1.82) is 0 Å². The molecular formula is C19H22N4O4. The van der Waals surface area contributed by atoms with Crippen molar-refractivity contribution in [2.75, 3.05) is 18.5 Å². The number of carbonyl (C=O) groups is 2. The van der Waals surface area contributed by atoms with Crippen molar-refractivity contribution in [3.63, 3.8) is 0 Å². The van der Waals surface area contributed by atoms with E-state index in [0.717, 1.165) is 19.3 Å². The number of pyridine rings is 2. The second-order valence-corrected chi connectivity index (χ2v) is 7.08. The molecular weight excluding hydrogens is 348 g/mol. The van der Waals surface area contributed by atoms with Crippen molar-refractivity contribution < 1.29 is 14.3 Å². The predicted molar refractivity (Wildman–Crippen MR) is 99.6 cm³/mol. The average Bonchev–Trinajstić information content (AvgIpc) is 2.61. The van der Waals surface area contributed by atoms with Crippen molar-refractivity contribution in [3.05, 3.63) is 34.1 Å². The summed E-state index contributed by atoms with van der Waals surface area (Å²) in [5, 5.41) is 5.65. The first kappa shape index (κ1) is 17.7. The van der Waals surface area contributed by atoms with Crippen molar-refractivity contribution in [2.45, 2.75) is 38.1 Å². The molecule has 3 N–H and O–H groups in total. The highest BCUT2D eigenvalue weighted by Crippen LogP contribution is 2.28. The fourth-order valence-corrected chi connectivity index (χ4v) is 3.42. The quantitative estimate of drug-likeness (QED) is 0.756. The third-order valence-corrected chi connectivity index (χ3v) is 5.27. The fraction of sp³-hybridized carbons (Fsp3) is 0.474. The van der Waals surface area contributed by atoms with Crippen molar-refractivity contribution in [2.24, 2.45) is 5.92 Å². The number of anilines is 1.